The molecule has 0 spiro atoms. The van der Waals surface area contributed by atoms with Gasteiger partial charge in [-0.3, -0.25) is 9.48 Å². The number of amides is 1. The van der Waals surface area contributed by atoms with Crippen molar-refractivity contribution in [2.45, 2.75) is 82.9 Å². The lowest BCUT2D eigenvalue weighted by molar-refractivity contribution is 0.00227. The van der Waals surface area contributed by atoms with Crippen LogP contribution in [-0.2, 0) is 19.4 Å². The summed E-state index contributed by atoms with van der Waals surface area (Å²) >= 11 is 0. The fourth-order valence-corrected chi connectivity index (χ4v) is 5.31. The number of hydrogen-bond acceptors (Lipinski definition) is 5. The number of fused-ring (bicyclic) bond motifs is 1. The molecule has 2 N–H and O–H groups in total. The molecule has 0 aromatic carbocycles. The van der Waals surface area contributed by atoms with Crippen molar-refractivity contribution >= 4 is 5.91 Å². The number of aromatic nitrogens is 2. The van der Waals surface area contributed by atoms with Gasteiger partial charge in [0.1, 0.15) is 0 Å². The minimum absolute atomic E-state index is 0.0979. The Morgan fingerprint density at radius 1 is 1.20 bits per heavy atom. The highest BCUT2D eigenvalue weighted by Gasteiger charge is 2.34. The van der Waals surface area contributed by atoms with E-state index in [1.165, 1.54) is 12.1 Å². The van der Waals surface area contributed by atoms with Crippen LogP contribution < -0.4 is 5.32 Å². The lowest BCUT2D eigenvalue weighted by Crippen LogP contribution is -2.48. The van der Waals surface area contributed by atoms with Gasteiger partial charge in [0.25, 0.3) is 5.91 Å². The predicted molar refractivity (Wildman–Crippen MR) is 118 cm³/mol. The molecule has 0 unspecified atom stereocenters. The van der Waals surface area contributed by atoms with Gasteiger partial charge in [-0.05, 0) is 45.6 Å². The molecule has 1 aromatic heterocycles. The molecule has 2 aliphatic carbocycles. The highest BCUT2D eigenvalue weighted by Crippen LogP contribution is 2.29. The van der Waals surface area contributed by atoms with Crippen LogP contribution >= 0.6 is 0 Å². The molecule has 168 valence electrons. The maximum absolute atomic E-state index is 13.3. The molecule has 2 heterocycles. The van der Waals surface area contributed by atoms with Crippen LogP contribution in [-0.4, -0.2) is 82.0 Å². The van der Waals surface area contributed by atoms with Gasteiger partial charge < -0.3 is 20.2 Å². The van der Waals surface area contributed by atoms with Crippen molar-refractivity contribution in [1.82, 2.24) is 24.9 Å². The van der Waals surface area contributed by atoms with E-state index in [1.807, 2.05) is 4.90 Å². The maximum Gasteiger partial charge on any atom is 0.274 e. The molecule has 4 rings (SSSR count). The van der Waals surface area contributed by atoms with Gasteiger partial charge in [-0.2, -0.15) is 5.10 Å². The smallest absolute Gasteiger partial charge is 0.274 e. The summed E-state index contributed by atoms with van der Waals surface area (Å²) in [6, 6.07) is 0.307. The zero-order chi connectivity index (χ0) is 21.1. The Bertz CT molecular complexity index is 732. The Hall–Kier alpha value is -1.44. The first-order valence-electron chi connectivity index (χ1n) is 12.0. The van der Waals surface area contributed by atoms with Gasteiger partial charge in [0.2, 0.25) is 0 Å². The van der Waals surface area contributed by atoms with Crippen LogP contribution in [0.2, 0.25) is 0 Å². The fraction of sp³-hybridized carbons (Fsp3) is 0.826. The SMILES string of the molecule is CCCn1nc(C(=O)N2CCN(C)CC2)c2c1CC[C@@H](NCC1(O)CCCCC1)C2. The van der Waals surface area contributed by atoms with Crippen molar-refractivity contribution in [3.63, 3.8) is 0 Å². The van der Waals surface area contributed by atoms with Crippen LogP contribution in [0.4, 0.5) is 0 Å². The van der Waals surface area contributed by atoms with Crippen LogP contribution in [0.25, 0.3) is 0 Å². The van der Waals surface area contributed by atoms with Crippen molar-refractivity contribution in [1.29, 1.82) is 0 Å². The molecule has 1 aliphatic heterocycles. The molecule has 0 radical (unpaired) electrons. The Kier molecular flexibility index (Phi) is 6.80. The molecule has 2 fully saturated rings. The van der Waals surface area contributed by atoms with Crippen LogP contribution in [0.3, 0.4) is 0 Å². The lowest BCUT2D eigenvalue weighted by Gasteiger charge is -2.35. The summed E-state index contributed by atoms with van der Waals surface area (Å²) in [4.78, 5) is 17.6. The highest BCUT2D eigenvalue weighted by atomic mass is 16.3. The highest BCUT2D eigenvalue weighted by molar-refractivity contribution is 5.94. The van der Waals surface area contributed by atoms with E-state index >= 15 is 0 Å². The normalized spacial score (nSPS) is 24.6. The minimum Gasteiger partial charge on any atom is -0.389 e. The number of likely N-dealkylation sites (N-methyl/N-ethyl adjacent to an activating group) is 1. The van der Waals surface area contributed by atoms with Crippen LogP contribution in [0, 0.1) is 0 Å². The van der Waals surface area contributed by atoms with Crippen LogP contribution in [0.1, 0.15) is 73.6 Å². The summed E-state index contributed by atoms with van der Waals surface area (Å²) in [6.45, 7) is 7.10. The van der Waals surface area contributed by atoms with Crippen molar-refractivity contribution in [3.8, 4) is 0 Å². The first-order chi connectivity index (χ1) is 14.5. The van der Waals surface area contributed by atoms with E-state index in [0.29, 0.717) is 18.3 Å². The molecular weight excluding hydrogens is 378 g/mol. The average Bonchev–Trinajstić information content (AvgIpc) is 3.11. The molecule has 1 saturated heterocycles. The monoisotopic (exact) mass is 417 g/mol. The number of piperazine rings is 1. The molecule has 7 heteroatoms. The zero-order valence-corrected chi connectivity index (χ0v) is 18.8. The molecule has 3 aliphatic rings. The van der Waals surface area contributed by atoms with Gasteiger partial charge in [0.05, 0.1) is 5.60 Å². The van der Waals surface area contributed by atoms with E-state index in [-0.39, 0.29) is 5.91 Å². The van der Waals surface area contributed by atoms with E-state index in [9.17, 15) is 9.90 Å². The van der Waals surface area contributed by atoms with Crippen LogP contribution in [0.15, 0.2) is 0 Å². The standard InChI is InChI=1S/C23H39N5O2/c1-3-11-28-20-8-7-18(24-17-23(30)9-5-4-6-10-23)16-19(20)21(25-28)22(29)27-14-12-26(2)13-15-27/h18,24,30H,3-17H2,1-2H3/t18-/m1/s1. The van der Waals surface area contributed by atoms with Gasteiger partial charge in [0, 0.05) is 56.6 Å². The second-order valence-corrected chi connectivity index (χ2v) is 9.70. The number of rotatable bonds is 6. The average molecular weight is 418 g/mol. The molecule has 0 bridgehead atoms. The summed E-state index contributed by atoms with van der Waals surface area (Å²) in [7, 11) is 2.11. The van der Waals surface area contributed by atoms with Gasteiger partial charge in [-0.1, -0.05) is 26.2 Å². The molecule has 1 atom stereocenters. The number of aryl methyl sites for hydroxylation is 1. The van der Waals surface area contributed by atoms with Gasteiger partial charge >= 0.3 is 0 Å². The van der Waals surface area contributed by atoms with Gasteiger partial charge in [0.15, 0.2) is 5.69 Å². The third-order valence-corrected chi connectivity index (χ3v) is 7.28. The van der Waals surface area contributed by atoms with E-state index in [2.05, 4.69) is 28.9 Å². The number of hydrogen-bond donors (Lipinski definition) is 2. The predicted octanol–water partition coefficient (Wildman–Crippen LogP) is 1.82. The number of nitrogens with zero attached hydrogens (tertiary/aromatic N) is 4. The first-order valence-corrected chi connectivity index (χ1v) is 12.0. The zero-order valence-electron chi connectivity index (χ0n) is 18.8. The van der Waals surface area contributed by atoms with E-state index in [1.54, 1.807) is 0 Å². The lowest BCUT2D eigenvalue weighted by atomic mass is 9.84. The van der Waals surface area contributed by atoms with Crippen molar-refractivity contribution in [2.75, 3.05) is 39.8 Å². The van der Waals surface area contributed by atoms with Crippen molar-refractivity contribution < 1.29 is 9.90 Å². The van der Waals surface area contributed by atoms with E-state index in [0.717, 1.165) is 89.7 Å². The Labute approximate surface area is 180 Å². The largest absolute Gasteiger partial charge is 0.389 e. The number of nitrogens with one attached hydrogen (secondary N) is 1. The summed E-state index contributed by atoms with van der Waals surface area (Å²) in [5.74, 6) is 0.0979. The Balaban J connectivity index is 1.47. The topological polar surface area (TPSA) is 73.6 Å². The van der Waals surface area contributed by atoms with Crippen LogP contribution in [0.5, 0.6) is 0 Å². The molecule has 1 saturated carbocycles. The van der Waals surface area contributed by atoms with E-state index in [4.69, 9.17) is 5.10 Å². The summed E-state index contributed by atoms with van der Waals surface area (Å²) in [5, 5.41) is 19.3. The summed E-state index contributed by atoms with van der Waals surface area (Å²) in [5.41, 5.74) is 2.52. The molecule has 30 heavy (non-hydrogen) atoms. The van der Waals surface area contributed by atoms with Crippen molar-refractivity contribution in [3.05, 3.63) is 17.0 Å². The van der Waals surface area contributed by atoms with Gasteiger partial charge in [-0.25, -0.2) is 0 Å². The Morgan fingerprint density at radius 2 is 1.93 bits per heavy atom. The fourth-order valence-electron chi connectivity index (χ4n) is 5.31. The number of carbonyl (C=O) groups is 1. The molecule has 7 nitrogen and oxygen atoms in total. The number of carbonyl (C=O) groups excluding carboxylic acids is 1. The third kappa shape index (κ3) is 4.73. The minimum atomic E-state index is -0.552. The first kappa shape index (κ1) is 21.8. The quantitative estimate of drug-likeness (QED) is 0.739. The molecular formula is C23H39N5O2. The molecule has 1 amide bonds. The second kappa shape index (κ2) is 9.37. The van der Waals surface area contributed by atoms with Gasteiger partial charge in [-0.15, -0.1) is 0 Å². The Morgan fingerprint density at radius 3 is 2.63 bits per heavy atom. The third-order valence-electron chi connectivity index (χ3n) is 7.28. The summed E-state index contributed by atoms with van der Waals surface area (Å²) in [6.07, 6.45) is 9.15. The van der Waals surface area contributed by atoms with E-state index < -0.39 is 5.60 Å². The van der Waals surface area contributed by atoms with Crippen molar-refractivity contribution in [2.24, 2.45) is 0 Å². The second-order valence-electron chi connectivity index (χ2n) is 9.70. The molecule has 1 aromatic rings. The number of aliphatic hydroxyl groups is 1. The summed E-state index contributed by atoms with van der Waals surface area (Å²) < 4.78 is 2.09. The maximum atomic E-state index is 13.3.